The molecule has 5 heteroatoms. The summed E-state index contributed by atoms with van der Waals surface area (Å²) in [4.78, 5) is 11.9. The molecule has 0 saturated heterocycles. The monoisotopic (exact) mass is 265 g/mol. The Morgan fingerprint density at radius 2 is 2.26 bits per heavy atom. The molecule has 19 heavy (non-hydrogen) atoms. The largest absolute Gasteiger partial charge is 0.383 e. The van der Waals surface area contributed by atoms with Gasteiger partial charge in [0.1, 0.15) is 0 Å². The number of anilines is 1. The van der Waals surface area contributed by atoms with E-state index in [-0.39, 0.29) is 11.2 Å². The molecule has 0 aliphatic heterocycles. The first-order valence-electron chi connectivity index (χ1n) is 6.86. The normalized spacial score (nSPS) is 15.5. The molecule has 2 rings (SSSR count). The third kappa shape index (κ3) is 4.35. The van der Waals surface area contributed by atoms with Crippen LogP contribution in [0.5, 0.6) is 0 Å². The zero-order valence-corrected chi connectivity index (χ0v) is 12.0. The molecule has 1 fully saturated rings. The third-order valence-corrected chi connectivity index (χ3v) is 3.64. The Labute approximate surface area is 114 Å². The van der Waals surface area contributed by atoms with Gasteiger partial charge in [-0.25, -0.2) is 4.68 Å². The van der Waals surface area contributed by atoms with Crippen LogP contribution in [0.25, 0.3) is 0 Å². The minimum atomic E-state index is -0.232. The summed E-state index contributed by atoms with van der Waals surface area (Å²) in [5.74, 6) is 0.782. The third-order valence-electron chi connectivity index (χ3n) is 3.64. The van der Waals surface area contributed by atoms with Crippen molar-refractivity contribution < 1.29 is 4.74 Å². The predicted octanol–water partition coefficient (Wildman–Crippen LogP) is 1.88. The van der Waals surface area contributed by atoms with E-state index in [9.17, 15) is 4.79 Å². The van der Waals surface area contributed by atoms with Gasteiger partial charge in [0.15, 0.2) is 0 Å². The molecule has 0 spiro atoms. The average Bonchev–Trinajstić information content (AvgIpc) is 3.19. The molecule has 0 bridgehead atoms. The molecule has 1 saturated carbocycles. The van der Waals surface area contributed by atoms with Gasteiger partial charge in [-0.15, -0.1) is 0 Å². The highest BCUT2D eigenvalue weighted by molar-refractivity contribution is 5.38. The Bertz CT molecular complexity index is 478. The van der Waals surface area contributed by atoms with Crippen LogP contribution in [-0.2, 0) is 11.3 Å². The first kappa shape index (κ1) is 14.1. The lowest BCUT2D eigenvalue weighted by Crippen LogP contribution is -2.29. The summed E-state index contributed by atoms with van der Waals surface area (Å²) in [7, 11) is 1.68. The average molecular weight is 265 g/mol. The second-order valence-electron chi connectivity index (χ2n) is 5.84. The fraction of sp³-hybridized carbons (Fsp3) is 0.714. The van der Waals surface area contributed by atoms with Crippen LogP contribution < -0.4 is 10.9 Å². The van der Waals surface area contributed by atoms with Gasteiger partial charge < -0.3 is 10.1 Å². The number of nitrogens with zero attached hydrogens (tertiary/aromatic N) is 2. The molecule has 1 aromatic rings. The molecule has 0 atom stereocenters. The summed E-state index contributed by atoms with van der Waals surface area (Å²) in [6.45, 7) is 5.53. The van der Waals surface area contributed by atoms with Gasteiger partial charge in [-0.1, -0.05) is 0 Å². The smallest absolute Gasteiger partial charge is 0.268 e. The van der Waals surface area contributed by atoms with E-state index in [0.717, 1.165) is 24.6 Å². The zero-order chi connectivity index (χ0) is 13.9. The van der Waals surface area contributed by atoms with Crippen molar-refractivity contribution in [3.8, 4) is 0 Å². The van der Waals surface area contributed by atoms with Crippen LogP contribution in [-0.4, -0.2) is 29.0 Å². The van der Waals surface area contributed by atoms with Gasteiger partial charge in [0, 0.05) is 26.3 Å². The van der Waals surface area contributed by atoms with Gasteiger partial charge in [-0.2, -0.15) is 5.10 Å². The van der Waals surface area contributed by atoms with Crippen LogP contribution in [0.1, 0.15) is 33.1 Å². The van der Waals surface area contributed by atoms with Crippen molar-refractivity contribution in [2.24, 2.45) is 5.92 Å². The Balaban J connectivity index is 1.92. The van der Waals surface area contributed by atoms with E-state index in [4.69, 9.17) is 4.74 Å². The lowest BCUT2D eigenvalue weighted by atomic mass is 10.1. The van der Waals surface area contributed by atoms with Crippen molar-refractivity contribution in [1.82, 2.24) is 9.78 Å². The maximum atomic E-state index is 11.9. The van der Waals surface area contributed by atoms with E-state index in [1.807, 2.05) is 13.8 Å². The molecule has 0 amide bonds. The van der Waals surface area contributed by atoms with E-state index in [0.29, 0.717) is 6.54 Å². The highest BCUT2D eigenvalue weighted by atomic mass is 16.5. The van der Waals surface area contributed by atoms with Crippen LogP contribution in [0, 0.1) is 5.92 Å². The Morgan fingerprint density at radius 1 is 1.53 bits per heavy atom. The molecule has 0 radical (unpaired) electrons. The van der Waals surface area contributed by atoms with Crippen molar-refractivity contribution in [2.45, 2.75) is 45.3 Å². The molecule has 1 aromatic heterocycles. The molecule has 1 aliphatic rings. The van der Waals surface area contributed by atoms with Crippen LogP contribution >= 0.6 is 0 Å². The standard InChI is InChI=1S/C14H23N3O2/c1-14(2,19-3)6-7-17-13(18)8-12(10-16-17)15-9-11-4-5-11/h8,10-11,15H,4-7,9H2,1-3H3. The number of rotatable bonds is 7. The molecule has 5 nitrogen and oxygen atoms in total. The zero-order valence-electron chi connectivity index (χ0n) is 12.0. The first-order valence-corrected chi connectivity index (χ1v) is 6.86. The fourth-order valence-electron chi connectivity index (χ4n) is 1.76. The fourth-order valence-corrected chi connectivity index (χ4v) is 1.76. The van der Waals surface area contributed by atoms with Crippen molar-refractivity contribution in [2.75, 3.05) is 19.0 Å². The minimum absolute atomic E-state index is 0.0623. The van der Waals surface area contributed by atoms with Gasteiger partial charge in [-0.05, 0) is 39.0 Å². The molecular weight excluding hydrogens is 242 g/mol. The molecule has 1 heterocycles. The lowest BCUT2D eigenvalue weighted by Gasteiger charge is -2.22. The SMILES string of the molecule is COC(C)(C)CCn1ncc(NCC2CC2)cc1=O. The molecular formula is C14H23N3O2. The molecule has 106 valence electrons. The van der Waals surface area contributed by atoms with E-state index in [1.54, 1.807) is 19.4 Å². The Morgan fingerprint density at radius 3 is 2.84 bits per heavy atom. The van der Waals surface area contributed by atoms with E-state index in [2.05, 4.69) is 10.4 Å². The molecule has 0 aromatic carbocycles. The van der Waals surface area contributed by atoms with Crippen molar-refractivity contribution in [3.05, 3.63) is 22.6 Å². The minimum Gasteiger partial charge on any atom is -0.383 e. The number of hydrogen-bond acceptors (Lipinski definition) is 4. The van der Waals surface area contributed by atoms with E-state index in [1.165, 1.54) is 17.5 Å². The number of nitrogens with one attached hydrogen (secondary N) is 1. The van der Waals surface area contributed by atoms with Crippen molar-refractivity contribution in [3.63, 3.8) is 0 Å². The molecule has 1 N–H and O–H groups in total. The summed E-state index contributed by atoms with van der Waals surface area (Å²) in [6.07, 6.45) is 5.07. The van der Waals surface area contributed by atoms with Gasteiger partial charge >= 0.3 is 0 Å². The van der Waals surface area contributed by atoms with Gasteiger partial charge in [0.05, 0.1) is 17.5 Å². The van der Waals surface area contributed by atoms with Crippen molar-refractivity contribution in [1.29, 1.82) is 0 Å². The summed E-state index contributed by atoms with van der Waals surface area (Å²) in [5.41, 5.74) is 0.524. The van der Waals surface area contributed by atoms with E-state index >= 15 is 0 Å². The van der Waals surface area contributed by atoms with Crippen LogP contribution in [0.4, 0.5) is 5.69 Å². The van der Waals surface area contributed by atoms with Crippen LogP contribution in [0.15, 0.2) is 17.1 Å². The summed E-state index contributed by atoms with van der Waals surface area (Å²) in [5, 5.41) is 7.46. The Kier molecular flexibility index (Phi) is 4.24. The number of ether oxygens (including phenoxy) is 1. The highest BCUT2D eigenvalue weighted by Gasteiger charge is 2.20. The van der Waals surface area contributed by atoms with Gasteiger partial charge in [0.2, 0.25) is 0 Å². The molecule has 1 aliphatic carbocycles. The topological polar surface area (TPSA) is 56.1 Å². The van der Waals surface area contributed by atoms with Gasteiger partial charge in [0.25, 0.3) is 5.56 Å². The van der Waals surface area contributed by atoms with Gasteiger partial charge in [-0.3, -0.25) is 4.79 Å². The highest BCUT2D eigenvalue weighted by Crippen LogP contribution is 2.28. The maximum absolute atomic E-state index is 11.9. The molecule has 0 unspecified atom stereocenters. The second kappa shape index (κ2) is 5.74. The van der Waals surface area contributed by atoms with Crippen molar-refractivity contribution >= 4 is 5.69 Å². The predicted molar refractivity (Wildman–Crippen MR) is 75.4 cm³/mol. The lowest BCUT2D eigenvalue weighted by molar-refractivity contribution is 0.0110. The Hall–Kier alpha value is -1.36. The quantitative estimate of drug-likeness (QED) is 0.818. The number of hydrogen-bond donors (Lipinski definition) is 1. The van der Waals surface area contributed by atoms with Crippen LogP contribution in [0.2, 0.25) is 0 Å². The number of aromatic nitrogens is 2. The maximum Gasteiger partial charge on any atom is 0.268 e. The first-order chi connectivity index (χ1) is 9.00. The summed E-state index contributed by atoms with van der Waals surface area (Å²) < 4.78 is 6.83. The summed E-state index contributed by atoms with van der Waals surface area (Å²) >= 11 is 0. The second-order valence-corrected chi connectivity index (χ2v) is 5.84. The number of aryl methyl sites for hydroxylation is 1. The summed E-state index contributed by atoms with van der Waals surface area (Å²) in [6, 6.07) is 1.62. The van der Waals surface area contributed by atoms with E-state index < -0.39 is 0 Å². The van der Waals surface area contributed by atoms with Crippen LogP contribution in [0.3, 0.4) is 0 Å². The number of methoxy groups -OCH3 is 1.